The molecule has 0 spiro atoms. The average molecular weight is 468 g/mol. The summed E-state index contributed by atoms with van der Waals surface area (Å²) in [6.07, 6.45) is 1.47. The number of rotatable bonds is 8. The lowest BCUT2D eigenvalue weighted by atomic mass is 10.1. The van der Waals surface area contributed by atoms with E-state index in [1.54, 1.807) is 18.2 Å². The molecule has 1 aromatic heterocycles. The fraction of sp³-hybridized carbons (Fsp3) is 0.208. The average Bonchev–Trinajstić information content (AvgIpc) is 3.16. The Morgan fingerprint density at radius 1 is 1.16 bits per heavy atom. The summed E-state index contributed by atoms with van der Waals surface area (Å²) in [5.41, 5.74) is 3.61. The number of aryl methyl sites for hydroxylation is 3. The molecule has 0 bridgehead atoms. The molecule has 32 heavy (non-hydrogen) atoms. The molecule has 8 heteroatoms. The van der Waals surface area contributed by atoms with Gasteiger partial charge in [-0.15, -0.1) is 11.3 Å². The maximum Gasteiger partial charge on any atom is 0.268 e. The van der Waals surface area contributed by atoms with Crippen LogP contribution in [0.1, 0.15) is 22.4 Å². The predicted molar refractivity (Wildman–Crippen MR) is 127 cm³/mol. The Bertz CT molecular complexity index is 1200. The number of carbonyl (C=O) groups is 1. The van der Waals surface area contributed by atoms with Crippen LogP contribution in [0.5, 0.6) is 11.5 Å². The molecule has 0 aliphatic rings. The second-order valence-corrected chi connectivity index (χ2v) is 8.34. The van der Waals surface area contributed by atoms with Gasteiger partial charge in [0.2, 0.25) is 0 Å². The molecule has 0 unspecified atom stereocenters. The zero-order valence-electron chi connectivity index (χ0n) is 17.9. The van der Waals surface area contributed by atoms with Gasteiger partial charge >= 0.3 is 0 Å². The third kappa shape index (κ3) is 6.33. The van der Waals surface area contributed by atoms with Crippen molar-refractivity contribution in [3.05, 3.63) is 74.8 Å². The smallest absolute Gasteiger partial charge is 0.268 e. The van der Waals surface area contributed by atoms with Crippen molar-refractivity contribution >= 4 is 40.1 Å². The molecular formula is C24H22ClN3O3S. The van der Waals surface area contributed by atoms with Crippen LogP contribution < -0.4 is 14.8 Å². The number of aromatic nitrogens is 1. The van der Waals surface area contributed by atoms with Crippen LogP contribution in [0, 0.1) is 32.1 Å². The Balaban J connectivity index is 1.58. The van der Waals surface area contributed by atoms with Crippen LogP contribution in [0.3, 0.4) is 0 Å². The molecule has 1 heterocycles. The summed E-state index contributed by atoms with van der Waals surface area (Å²) in [5.74, 6) is 0.789. The van der Waals surface area contributed by atoms with E-state index in [1.807, 2.05) is 44.4 Å². The van der Waals surface area contributed by atoms with E-state index in [1.165, 1.54) is 23.0 Å². The number of thiazole rings is 1. The van der Waals surface area contributed by atoms with Gasteiger partial charge in [0.05, 0.1) is 10.7 Å². The number of nitrogens with one attached hydrogen (secondary N) is 1. The summed E-state index contributed by atoms with van der Waals surface area (Å²) in [6.45, 7) is 6.56. The number of amides is 1. The summed E-state index contributed by atoms with van der Waals surface area (Å²) in [4.78, 5) is 16.5. The minimum absolute atomic E-state index is 0.0514. The van der Waals surface area contributed by atoms with E-state index in [2.05, 4.69) is 16.4 Å². The van der Waals surface area contributed by atoms with E-state index in [9.17, 15) is 10.1 Å². The van der Waals surface area contributed by atoms with Gasteiger partial charge in [-0.3, -0.25) is 10.1 Å². The molecule has 0 radical (unpaired) electrons. The summed E-state index contributed by atoms with van der Waals surface area (Å²) in [7, 11) is 0. The third-order valence-corrected chi connectivity index (χ3v) is 5.57. The molecule has 0 aliphatic heterocycles. The van der Waals surface area contributed by atoms with E-state index in [4.69, 9.17) is 21.1 Å². The Hall–Kier alpha value is -3.34. The minimum Gasteiger partial charge on any atom is -0.490 e. The highest BCUT2D eigenvalue weighted by molar-refractivity contribution is 7.13. The van der Waals surface area contributed by atoms with E-state index in [0.29, 0.717) is 34.7 Å². The standard InChI is InChI=1S/C24H22ClN3O3S/c1-15-4-6-21(16(2)10-15)30-8-9-31-22-7-5-18(12-20(22)25)11-19(13-26)23(29)28-24-27-17(3)14-32-24/h4-7,10-12,14H,8-9H2,1-3H3,(H,27,28,29)/b19-11-. The molecule has 0 fully saturated rings. The molecule has 0 saturated heterocycles. The number of nitriles is 1. The third-order valence-electron chi connectivity index (χ3n) is 4.40. The lowest BCUT2D eigenvalue weighted by Gasteiger charge is -2.12. The highest BCUT2D eigenvalue weighted by Gasteiger charge is 2.12. The molecular weight excluding hydrogens is 446 g/mol. The van der Waals surface area contributed by atoms with Crippen LogP contribution >= 0.6 is 22.9 Å². The van der Waals surface area contributed by atoms with Crippen LogP contribution in [0.25, 0.3) is 6.08 Å². The summed E-state index contributed by atoms with van der Waals surface area (Å²) in [5, 5.41) is 14.6. The maximum atomic E-state index is 12.3. The molecule has 2 aromatic carbocycles. The van der Waals surface area contributed by atoms with Gasteiger partial charge in [-0.05, 0) is 56.2 Å². The molecule has 0 atom stereocenters. The van der Waals surface area contributed by atoms with Gasteiger partial charge in [-0.1, -0.05) is 35.4 Å². The Labute approximate surface area is 196 Å². The second kappa shape index (κ2) is 10.8. The minimum atomic E-state index is -0.526. The Morgan fingerprint density at radius 2 is 1.88 bits per heavy atom. The molecule has 1 amide bonds. The van der Waals surface area contributed by atoms with E-state index in [-0.39, 0.29) is 5.57 Å². The van der Waals surface area contributed by atoms with Gasteiger partial charge in [-0.2, -0.15) is 5.26 Å². The van der Waals surface area contributed by atoms with Crippen molar-refractivity contribution in [2.75, 3.05) is 18.5 Å². The number of hydrogen-bond donors (Lipinski definition) is 1. The van der Waals surface area contributed by atoms with Crippen molar-refractivity contribution < 1.29 is 14.3 Å². The zero-order valence-corrected chi connectivity index (χ0v) is 19.5. The first kappa shape index (κ1) is 23.3. The fourth-order valence-electron chi connectivity index (χ4n) is 2.88. The quantitative estimate of drug-likeness (QED) is 0.260. The first-order valence-electron chi connectivity index (χ1n) is 9.83. The van der Waals surface area contributed by atoms with Gasteiger partial charge in [-0.25, -0.2) is 4.98 Å². The van der Waals surface area contributed by atoms with Crippen molar-refractivity contribution in [1.29, 1.82) is 5.26 Å². The molecule has 6 nitrogen and oxygen atoms in total. The molecule has 164 valence electrons. The second-order valence-electron chi connectivity index (χ2n) is 7.07. The Morgan fingerprint density at radius 3 is 2.50 bits per heavy atom. The molecule has 1 N–H and O–H groups in total. The normalized spacial score (nSPS) is 11.0. The molecule has 3 rings (SSSR count). The van der Waals surface area contributed by atoms with Crippen LogP contribution in [-0.2, 0) is 4.79 Å². The van der Waals surface area contributed by atoms with Gasteiger partial charge in [0.1, 0.15) is 36.4 Å². The monoisotopic (exact) mass is 467 g/mol. The summed E-state index contributed by atoms with van der Waals surface area (Å²) >= 11 is 7.62. The van der Waals surface area contributed by atoms with Crippen molar-refractivity contribution in [3.63, 3.8) is 0 Å². The molecule has 3 aromatic rings. The number of carbonyl (C=O) groups excluding carboxylic acids is 1. The highest BCUT2D eigenvalue weighted by Crippen LogP contribution is 2.27. The largest absolute Gasteiger partial charge is 0.490 e. The number of nitrogens with zero attached hydrogens (tertiary/aromatic N) is 2. The molecule has 0 saturated carbocycles. The molecule has 0 aliphatic carbocycles. The van der Waals surface area contributed by atoms with E-state index in [0.717, 1.165) is 17.0 Å². The van der Waals surface area contributed by atoms with Crippen LogP contribution in [0.4, 0.5) is 5.13 Å². The van der Waals surface area contributed by atoms with Crippen LogP contribution in [0.2, 0.25) is 5.02 Å². The lowest BCUT2D eigenvalue weighted by Crippen LogP contribution is -2.13. The number of benzene rings is 2. The van der Waals surface area contributed by atoms with E-state index >= 15 is 0 Å². The van der Waals surface area contributed by atoms with Gasteiger partial charge in [0, 0.05) is 5.38 Å². The maximum absolute atomic E-state index is 12.3. The number of anilines is 1. The van der Waals surface area contributed by atoms with Gasteiger partial charge in [0.25, 0.3) is 5.91 Å². The van der Waals surface area contributed by atoms with E-state index < -0.39 is 5.91 Å². The van der Waals surface area contributed by atoms with Gasteiger partial charge in [0.15, 0.2) is 5.13 Å². The highest BCUT2D eigenvalue weighted by atomic mass is 35.5. The lowest BCUT2D eigenvalue weighted by molar-refractivity contribution is -0.112. The summed E-state index contributed by atoms with van der Waals surface area (Å²) < 4.78 is 11.5. The number of hydrogen-bond acceptors (Lipinski definition) is 6. The van der Waals surface area contributed by atoms with Crippen molar-refractivity contribution in [3.8, 4) is 17.6 Å². The van der Waals surface area contributed by atoms with Gasteiger partial charge < -0.3 is 9.47 Å². The predicted octanol–water partition coefficient (Wildman–Crippen LogP) is 5.73. The van der Waals surface area contributed by atoms with Crippen molar-refractivity contribution in [1.82, 2.24) is 4.98 Å². The Kier molecular flexibility index (Phi) is 7.87. The summed E-state index contributed by atoms with van der Waals surface area (Å²) in [6, 6.07) is 13.0. The topological polar surface area (TPSA) is 84.2 Å². The zero-order chi connectivity index (χ0) is 23.1. The first-order valence-corrected chi connectivity index (χ1v) is 11.1. The van der Waals surface area contributed by atoms with Crippen molar-refractivity contribution in [2.24, 2.45) is 0 Å². The van der Waals surface area contributed by atoms with Crippen LogP contribution in [0.15, 0.2) is 47.4 Å². The van der Waals surface area contributed by atoms with Crippen molar-refractivity contribution in [2.45, 2.75) is 20.8 Å². The fourth-order valence-corrected chi connectivity index (χ4v) is 3.81. The number of halogens is 1. The first-order chi connectivity index (χ1) is 15.4. The SMILES string of the molecule is Cc1ccc(OCCOc2ccc(/C=C(/C#N)C(=O)Nc3nc(C)cs3)cc2Cl)c(C)c1. The number of ether oxygens (including phenoxy) is 2. The van der Waals surface area contributed by atoms with Crippen LogP contribution in [-0.4, -0.2) is 24.1 Å².